The summed E-state index contributed by atoms with van der Waals surface area (Å²) in [5, 5.41) is 20.7. The molecule has 0 spiro atoms. The van der Waals surface area contributed by atoms with Crippen molar-refractivity contribution in [2.45, 2.75) is 20.8 Å². The van der Waals surface area contributed by atoms with Gasteiger partial charge in [-0.1, -0.05) is 33.4 Å². The molecule has 1 N–H and O–H groups in total. The summed E-state index contributed by atoms with van der Waals surface area (Å²) in [5.41, 5.74) is -1.57. The molecule has 0 saturated carbocycles. The van der Waals surface area contributed by atoms with Crippen molar-refractivity contribution in [2.75, 3.05) is 0 Å². The van der Waals surface area contributed by atoms with Crippen LogP contribution in [0.4, 0.5) is 5.69 Å². The van der Waals surface area contributed by atoms with Crippen molar-refractivity contribution in [3.05, 3.63) is 70.3 Å². The number of phenolic OH excluding ortho intramolecular Hbond substituents is 1. The zero-order valence-corrected chi connectivity index (χ0v) is 15.6. The van der Waals surface area contributed by atoms with E-state index in [1.807, 2.05) is 0 Å². The number of nitro groups is 1. The third-order valence-electron chi connectivity index (χ3n) is 3.78. The Morgan fingerprint density at radius 2 is 1.75 bits per heavy atom. The number of hydrogen-bond acceptors (Lipinski definition) is 7. The molecule has 146 valence electrons. The quantitative estimate of drug-likeness (QED) is 0.267. The molecule has 8 nitrogen and oxygen atoms in total. The van der Waals surface area contributed by atoms with Crippen molar-refractivity contribution < 1.29 is 29.1 Å². The molecule has 2 aromatic carbocycles. The van der Waals surface area contributed by atoms with Gasteiger partial charge in [-0.05, 0) is 23.6 Å². The van der Waals surface area contributed by atoms with E-state index in [1.54, 1.807) is 32.9 Å². The second-order valence-electron chi connectivity index (χ2n) is 6.94. The molecule has 0 aliphatic carbocycles. The smallest absolute Gasteiger partial charge is 0.353 e. The van der Waals surface area contributed by atoms with Crippen LogP contribution < -0.4 is 4.74 Å². The fraction of sp³-hybridized carbons (Fsp3) is 0.200. The van der Waals surface area contributed by atoms with Crippen LogP contribution in [0.1, 0.15) is 31.1 Å². The highest BCUT2D eigenvalue weighted by Crippen LogP contribution is 2.30. The van der Waals surface area contributed by atoms with Crippen LogP contribution >= 0.6 is 0 Å². The van der Waals surface area contributed by atoms with Gasteiger partial charge >= 0.3 is 11.9 Å². The largest absolute Gasteiger partial charge is 0.508 e. The summed E-state index contributed by atoms with van der Waals surface area (Å²) >= 11 is 0. The number of aromatic hydroxyl groups is 1. The fourth-order valence-electron chi connectivity index (χ4n) is 2.09. The summed E-state index contributed by atoms with van der Waals surface area (Å²) in [6.45, 7) is 8.75. The van der Waals surface area contributed by atoms with Crippen LogP contribution in [0.25, 0.3) is 0 Å². The third-order valence-corrected chi connectivity index (χ3v) is 3.78. The molecule has 8 heteroatoms. The average molecular weight is 385 g/mol. The lowest BCUT2D eigenvalue weighted by molar-refractivity contribution is -0.385. The first kappa shape index (κ1) is 20.6. The van der Waals surface area contributed by atoms with Crippen LogP contribution in [-0.4, -0.2) is 22.0 Å². The maximum absolute atomic E-state index is 12.4. The number of rotatable bonds is 5. The van der Waals surface area contributed by atoms with Crippen molar-refractivity contribution in [1.29, 1.82) is 0 Å². The van der Waals surface area contributed by atoms with Crippen LogP contribution in [-0.2, 0) is 9.53 Å². The van der Waals surface area contributed by atoms with Gasteiger partial charge in [0.05, 0.1) is 4.92 Å². The van der Waals surface area contributed by atoms with Gasteiger partial charge in [0.15, 0.2) is 0 Å². The highest BCUT2D eigenvalue weighted by atomic mass is 16.6. The molecule has 0 heterocycles. The molecule has 0 aliphatic heterocycles. The van der Waals surface area contributed by atoms with Crippen molar-refractivity contribution in [3.63, 3.8) is 0 Å². The minimum atomic E-state index is -1.19. The summed E-state index contributed by atoms with van der Waals surface area (Å²) in [6, 6.07) is 9.32. The number of nitrogens with zero attached hydrogens (tertiary/aromatic N) is 1. The Morgan fingerprint density at radius 3 is 2.32 bits per heavy atom. The minimum absolute atomic E-state index is 0.0367. The van der Waals surface area contributed by atoms with Gasteiger partial charge in [0, 0.05) is 23.8 Å². The molecule has 0 fully saturated rings. The molecule has 2 rings (SSSR count). The highest BCUT2D eigenvalue weighted by molar-refractivity contribution is 6.04. The van der Waals surface area contributed by atoms with E-state index in [-0.39, 0.29) is 22.8 Å². The predicted octanol–water partition coefficient (Wildman–Crippen LogP) is 4.38. The first-order chi connectivity index (χ1) is 13.0. The molecule has 28 heavy (non-hydrogen) atoms. The number of esters is 2. The second kappa shape index (κ2) is 7.91. The zero-order valence-electron chi connectivity index (χ0n) is 15.6. The summed E-state index contributed by atoms with van der Waals surface area (Å²) in [6.07, 6.45) is 0. The van der Waals surface area contributed by atoms with Crippen LogP contribution in [0.2, 0.25) is 0 Å². The van der Waals surface area contributed by atoms with Gasteiger partial charge in [0.2, 0.25) is 0 Å². The summed E-state index contributed by atoms with van der Waals surface area (Å²) in [7, 11) is 0. The first-order valence-electron chi connectivity index (χ1n) is 8.20. The standard InChI is InChI=1S/C20H19NO7/c1-12(20(2,3)4)18(23)28-19(24)16-11-15(8-9-17(16)21(25)26)27-14-7-5-6-13(22)10-14/h5-11,22H,1H2,2-4H3. The lowest BCUT2D eigenvalue weighted by Gasteiger charge is -2.19. The minimum Gasteiger partial charge on any atom is -0.508 e. The van der Waals surface area contributed by atoms with Gasteiger partial charge < -0.3 is 14.6 Å². The van der Waals surface area contributed by atoms with E-state index in [9.17, 15) is 24.8 Å². The van der Waals surface area contributed by atoms with Crippen molar-refractivity contribution >= 4 is 17.6 Å². The number of phenols is 1. The monoisotopic (exact) mass is 385 g/mol. The number of carbonyl (C=O) groups excluding carboxylic acids is 2. The Kier molecular flexibility index (Phi) is 5.83. The van der Waals surface area contributed by atoms with Crippen LogP contribution in [0.15, 0.2) is 54.6 Å². The van der Waals surface area contributed by atoms with Crippen molar-refractivity contribution in [2.24, 2.45) is 5.41 Å². The Bertz CT molecular complexity index is 957. The normalized spacial score (nSPS) is 10.8. The van der Waals surface area contributed by atoms with Gasteiger partial charge in [-0.3, -0.25) is 10.1 Å². The van der Waals surface area contributed by atoms with E-state index in [2.05, 4.69) is 6.58 Å². The second-order valence-corrected chi connectivity index (χ2v) is 6.94. The number of ether oxygens (including phenoxy) is 2. The maximum Gasteiger partial charge on any atom is 0.353 e. The van der Waals surface area contributed by atoms with E-state index in [0.29, 0.717) is 0 Å². The SMILES string of the molecule is C=C(C(=O)OC(=O)c1cc(Oc2cccc(O)c2)ccc1[N+](=O)[O-])C(C)(C)C. The van der Waals surface area contributed by atoms with Gasteiger partial charge in [-0.15, -0.1) is 0 Å². The molecule has 0 saturated heterocycles. The lowest BCUT2D eigenvalue weighted by atomic mass is 9.88. The molecule has 2 aromatic rings. The van der Waals surface area contributed by atoms with E-state index >= 15 is 0 Å². The molecule has 0 aliphatic rings. The molecule has 0 aromatic heterocycles. The van der Waals surface area contributed by atoms with E-state index in [1.165, 1.54) is 18.2 Å². The molecular formula is C20H19NO7. The Morgan fingerprint density at radius 1 is 1.11 bits per heavy atom. The van der Waals surface area contributed by atoms with Crippen molar-refractivity contribution in [3.8, 4) is 17.2 Å². The van der Waals surface area contributed by atoms with Gasteiger partial charge in [0.25, 0.3) is 5.69 Å². The summed E-state index contributed by atoms with van der Waals surface area (Å²) in [4.78, 5) is 35.0. The fourth-order valence-corrected chi connectivity index (χ4v) is 2.09. The Hall–Kier alpha value is -3.68. The number of carbonyl (C=O) groups is 2. The van der Waals surface area contributed by atoms with Gasteiger partial charge in [-0.2, -0.15) is 0 Å². The predicted molar refractivity (Wildman–Crippen MR) is 100 cm³/mol. The van der Waals surface area contributed by atoms with E-state index in [4.69, 9.17) is 9.47 Å². The first-order valence-corrected chi connectivity index (χ1v) is 8.20. The molecular weight excluding hydrogens is 366 g/mol. The summed E-state index contributed by atoms with van der Waals surface area (Å²) in [5.74, 6) is -1.85. The van der Waals surface area contributed by atoms with Crippen LogP contribution in [0, 0.1) is 15.5 Å². The topological polar surface area (TPSA) is 116 Å². The van der Waals surface area contributed by atoms with Gasteiger partial charge in [-0.25, -0.2) is 9.59 Å². The van der Waals surface area contributed by atoms with Crippen LogP contribution in [0.3, 0.4) is 0 Å². The zero-order chi connectivity index (χ0) is 21.1. The van der Waals surface area contributed by atoms with Gasteiger partial charge in [0.1, 0.15) is 22.8 Å². The third kappa shape index (κ3) is 4.94. The molecule has 0 atom stereocenters. The van der Waals surface area contributed by atoms with E-state index in [0.717, 1.165) is 12.1 Å². The Balaban J connectivity index is 2.32. The molecule has 0 unspecified atom stereocenters. The molecule has 0 radical (unpaired) electrons. The maximum atomic E-state index is 12.4. The van der Waals surface area contributed by atoms with Crippen LogP contribution in [0.5, 0.6) is 17.2 Å². The highest BCUT2D eigenvalue weighted by Gasteiger charge is 2.29. The molecule has 0 bridgehead atoms. The number of nitro benzene ring substituents is 1. The number of hydrogen-bond donors (Lipinski definition) is 1. The summed E-state index contributed by atoms with van der Waals surface area (Å²) < 4.78 is 10.3. The van der Waals surface area contributed by atoms with E-state index < -0.39 is 33.5 Å². The Labute approximate surface area is 161 Å². The molecule has 0 amide bonds. The average Bonchev–Trinajstić information content (AvgIpc) is 2.59. The van der Waals surface area contributed by atoms with Crippen molar-refractivity contribution in [1.82, 2.24) is 0 Å². The number of benzene rings is 2. The lowest BCUT2D eigenvalue weighted by Crippen LogP contribution is -2.22.